The number of hydrogen-bond donors (Lipinski definition) is 0. The summed E-state index contributed by atoms with van der Waals surface area (Å²) in [5, 5.41) is 0. The third kappa shape index (κ3) is 2.34. The monoisotopic (exact) mass is 197 g/mol. The maximum atomic E-state index is 11.8. The number of nitrogens with zero attached hydrogens (tertiary/aromatic N) is 1. The second kappa shape index (κ2) is 4.41. The highest BCUT2D eigenvalue weighted by Crippen LogP contribution is 2.18. The Labute approximate surface area is 85.4 Å². The number of carbonyl (C=O) groups excluding carboxylic acids is 1. The van der Waals surface area contributed by atoms with Gasteiger partial charge < -0.3 is 4.74 Å². The van der Waals surface area contributed by atoms with Gasteiger partial charge in [-0.05, 0) is 25.3 Å². The molecule has 0 aliphatic carbocycles. The van der Waals surface area contributed by atoms with Crippen molar-refractivity contribution < 1.29 is 9.53 Å². The first-order valence-electron chi connectivity index (χ1n) is 5.58. The predicted octanol–water partition coefficient (Wildman–Crippen LogP) is 0.934. The van der Waals surface area contributed by atoms with E-state index in [4.69, 9.17) is 4.74 Å². The highest BCUT2D eigenvalue weighted by molar-refractivity contribution is 5.83. The van der Waals surface area contributed by atoms with Gasteiger partial charge in [0, 0.05) is 19.1 Å². The predicted molar refractivity (Wildman–Crippen MR) is 54.2 cm³/mol. The summed E-state index contributed by atoms with van der Waals surface area (Å²) in [4.78, 5) is 14.1. The van der Waals surface area contributed by atoms with E-state index in [1.54, 1.807) is 0 Å². The third-order valence-electron chi connectivity index (χ3n) is 3.27. The van der Waals surface area contributed by atoms with Gasteiger partial charge in [0.05, 0.1) is 13.2 Å². The van der Waals surface area contributed by atoms with Gasteiger partial charge in [0.1, 0.15) is 0 Å². The summed E-state index contributed by atoms with van der Waals surface area (Å²) in [6.45, 7) is 6.52. The first-order chi connectivity index (χ1) is 6.75. The average Bonchev–Trinajstić information content (AvgIpc) is 2.75. The number of Topliss-reactive ketones (excluding diaryl/α,β-unsaturated/α-hetero) is 1. The Morgan fingerprint density at radius 2 is 2.36 bits per heavy atom. The molecule has 14 heavy (non-hydrogen) atoms. The van der Waals surface area contributed by atoms with Crippen molar-refractivity contribution in [3.05, 3.63) is 0 Å². The molecule has 0 radical (unpaired) electrons. The zero-order chi connectivity index (χ0) is 9.97. The van der Waals surface area contributed by atoms with Crippen molar-refractivity contribution in [2.75, 3.05) is 32.8 Å². The molecule has 2 saturated heterocycles. The average molecular weight is 197 g/mol. The molecule has 2 aliphatic heterocycles. The minimum absolute atomic E-state index is 0.186. The molecule has 0 N–H and O–H groups in total. The van der Waals surface area contributed by atoms with Crippen molar-refractivity contribution in [2.45, 2.75) is 19.8 Å². The van der Waals surface area contributed by atoms with Crippen LogP contribution in [0, 0.1) is 11.8 Å². The summed E-state index contributed by atoms with van der Waals surface area (Å²) >= 11 is 0. The normalized spacial score (nSPS) is 33.8. The SMILES string of the molecule is CC1CCN(CC(=O)C2CCOC2)C1. The fraction of sp³-hybridized carbons (Fsp3) is 0.909. The first-order valence-corrected chi connectivity index (χ1v) is 5.58. The Bertz CT molecular complexity index is 211. The van der Waals surface area contributed by atoms with Gasteiger partial charge >= 0.3 is 0 Å². The van der Waals surface area contributed by atoms with Crippen LogP contribution in [0.15, 0.2) is 0 Å². The van der Waals surface area contributed by atoms with E-state index < -0.39 is 0 Å². The maximum absolute atomic E-state index is 11.8. The van der Waals surface area contributed by atoms with Gasteiger partial charge in [-0.15, -0.1) is 0 Å². The molecular weight excluding hydrogens is 178 g/mol. The van der Waals surface area contributed by atoms with Crippen molar-refractivity contribution in [3.63, 3.8) is 0 Å². The van der Waals surface area contributed by atoms with Crippen LogP contribution in [0.3, 0.4) is 0 Å². The van der Waals surface area contributed by atoms with Gasteiger partial charge in [-0.2, -0.15) is 0 Å². The molecule has 2 rings (SSSR count). The lowest BCUT2D eigenvalue weighted by atomic mass is 10.0. The van der Waals surface area contributed by atoms with Crippen LogP contribution in [0.2, 0.25) is 0 Å². The zero-order valence-electron chi connectivity index (χ0n) is 8.87. The van der Waals surface area contributed by atoms with E-state index in [1.165, 1.54) is 6.42 Å². The van der Waals surface area contributed by atoms with E-state index in [0.29, 0.717) is 18.9 Å². The Kier molecular flexibility index (Phi) is 3.19. The molecule has 0 amide bonds. The summed E-state index contributed by atoms with van der Waals surface area (Å²) in [5.41, 5.74) is 0. The zero-order valence-corrected chi connectivity index (χ0v) is 8.87. The van der Waals surface area contributed by atoms with Crippen LogP contribution in [0.1, 0.15) is 19.8 Å². The van der Waals surface area contributed by atoms with Crippen molar-refractivity contribution >= 4 is 5.78 Å². The molecule has 3 nitrogen and oxygen atoms in total. The molecule has 0 aromatic heterocycles. The van der Waals surface area contributed by atoms with Crippen molar-refractivity contribution in [2.24, 2.45) is 11.8 Å². The van der Waals surface area contributed by atoms with Crippen LogP contribution in [-0.2, 0) is 9.53 Å². The minimum Gasteiger partial charge on any atom is -0.381 e. The lowest BCUT2D eigenvalue weighted by molar-refractivity contribution is -0.123. The fourth-order valence-electron chi connectivity index (χ4n) is 2.31. The second-order valence-corrected chi connectivity index (χ2v) is 4.66. The summed E-state index contributed by atoms with van der Waals surface area (Å²) in [7, 11) is 0. The van der Waals surface area contributed by atoms with Gasteiger partial charge in [0.2, 0.25) is 0 Å². The number of likely N-dealkylation sites (tertiary alicyclic amines) is 1. The fourth-order valence-corrected chi connectivity index (χ4v) is 2.31. The summed E-state index contributed by atoms with van der Waals surface area (Å²) in [5.74, 6) is 1.34. The van der Waals surface area contributed by atoms with Gasteiger partial charge in [-0.1, -0.05) is 6.92 Å². The van der Waals surface area contributed by atoms with Crippen molar-refractivity contribution in [1.82, 2.24) is 4.90 Å². The van der Waals surface area contributed by atoms with Crippen LogP contribution in [0.25, 0.3) is 0 Å². The van der Waals surface area contributed by atoms with E-state index in [-0.39, 0.29) is 5.92 Å². The quantitative estimate of drug-likeness (QED) is 0.674. The molecule has 2 fully saturated rings. The molecule has 2 atom stereocenters. The number of carbonyl (C=O) groups is 1. The molecular formula is C11H19NO2. The van der Waals surface area contributed by atoms with E-state index in [0.717, 1.165) is 32.0 Å². The Balaban J connectivity index is 1.76. The van der Waals surface area contributed by atoms with E-state index in [9.17, 15) is 4.79 Å². The van der Waals surface area contributed by atoms with E-state index >= 15 is 0 Å². The molecule has 0 spiro atoms. The lowest BCUT2D eigenvalue weighted by Gasteiger charge is -2.16. The summed E-state index contributed by atoms with van der Waals surface area (Å²) < 4.78 is 5.22. The number of hydrogen-bond acceptors (Lipinski definition) is 3. The van der Waals surface area contributed by atoms with Crippen LogP contribution in [-0.4, -0.2) is 43.5 Å². The molecule has 2 heterocycles. The second-order valence-electron chi connectivity index (χ2n) is 4.66. The molecule has 80 valence electrons. The lowest BCUT2D eigenvalue weighted by Crippen LogP contribution is -2.31. The van der Waals surface area contributed by atoms with Crippen LogP contribution in [0.5, 0.6) is 0 Å². The third-order valence-corrected chi connectivity index (χ3v) is 3.27. The van der Waals surface area contributed by atoms with Crippen LogP contribution >= 0.6 is 0 Å². The highest BCUT2D eigenvalue weighted by Gasteiger charge is 2.27. The van der Waals surface area contributed by atoms with Gasteiger partial charge in [0.25, 0.3) is 0 Å². The van der Waals surface area contributed by atoms with Gasteiger partial charge in [-0.25, -0.2) is 0 Å². The summed E-state index contributed by atoms with van der Waals surface area (Å²) in [6, 6.07) is 0. The van der Waals surface area contributed by atoms with Crippen molar-refractivity contribution in [1.29, 1.82) is 0 Å². The molecule has 0 aromatic carbocycles. The topological polar surface area (TPSA) is 29.5 Å². The molecule has 0 aromatic rings. The minimum atomic E-state index is 0.186. The first kappa shape index (κ1) is 10.1. The summed E-state index contributed by atoms with van der Waals surface area (Å²) in [6.07, 6.45) is 2.18. The van der Waals surface area contributed by atoms with E-state index in [2.05, 4.69) is 11.8 Å². The molecule has 0 bridgehead atoms. The molecule has 2 aliphatic rings. The number of ketones is 1. The van der Waals surface area contributed by atoms with Crippen LogP contribution < -0.4 is 0 Å². The Morgan fingerprint density at radius 1 is 1.50 bits per heavy atom. The van der Waals surface area contributed by atoms with Crippen LogP contribution in [0.4, 0.5) is 0 Å². The highest BCUT2D eigenvalue weighted by atomic mass is 16.5. The number of ether oxygens (including phenoxy) is 1. The van der Waals surface area contributed by atoms with E-state index in [1.807, 2.05) is 0 Å². The standard InChI is InChI=1S/C11H19NO2/c1-9-2-4-12(6-9)7-11(13)10-3-5-14-8-10/h9-10H,2-8H2,1H3. The molecule has 2 unspecified atom stereocenters. The smallest absolute Gasteiger partial charge is 0.152 e. The molecule has 3 heteroatoms. The maximum Gasteiger partial charge on any atom is 0.152 e. The van der Waals surface area contributed by atoms with Crippen molar-refractivity contribution in [3.8, 4) is 0 Å². The largest absolute Gasteiger partial charge is 0.381 e. The molecule has 0 saturated carbocycles. The Morgan fingerprint density at radius 3 is 2.93 bits per heavy atom. The Hall–Kier alpha value is -0.410. The van der Waals surface area contributed by atoms with Gasteiger partial charge in [0.15, 0.2) is 5.78 Å². The van der Waals surface area contributed by atoms with Gasteiger partial charge in [-0.3, -0.25) is 9.69 Å². The number of rotatable bonds is 3.